The molecule has 0 fully saturated rings. The van der Waals surface area contributed by atoms with Crippen LogP contribution in [0.4, 0.5) is 10.2 Å². The maximum atomic E-state index is 14.6. The summed E-state index contributed by atoms with van der Waals surface area (Å²) in [4.78, 5) is 31.0. The van der Waals surface area contributed by atoms with E-state index in [1.54, 1.807) is 52.9 Å². The Hall–Kier alpha value is -3.21. The zero-order chi connectivity index (χ0) is 27.3. The van der Waals surface area contributed by atoms with Gasteiger partial charge in [0, 0.05) is 24.8 Å². The second-order valence-electron chi connectivity index (χ2n) is 9.46. The average molecular weight is 579 g/mol. The lowest BCUT2D eigenvalue weighted by Gasteiger charge is -2.26. The van der Waals surface area contributed by atoms with Gasteiger partial charge in [-0.15, -0.1) is 0 Å². The molecule has 0 spiro atoms. The molecule has 3 rings (SSSR count). The van der Waals surface area contributed by atoms with Crippen molar-refractivity contribution in [3.8, 4) is 5.75 Å². The lowest BCUT2D eigenvalue weighted by atomic mass is 9.97. The molecule has 11 heteroatoms. The molecule has 2 aromatic heterocycles. The van der Waals surface area contributed by atoms with E-state index in [2.05, 4.69) is 26.0 Å². The minimum absolute atomic E-state index is 0.0537. The minimum Gasteiger partial charge on any atom is -0.487 e. The van der Waals surface area contributed by atoms with Crippen molar-refractivity contribution in [2.24, 2.45) is 5.41 Å². The average Bonchev–Trinajstić information content (AvgIpc) is 3.27. The number of carbonyl (C=O) groups excluding carboxylic acids is 2. The Morgan fingerprint density at radius 3 is 2.57 bits per heavy atom. The summed E-state index contributed by atoms with van der Waals surface area (Å²) in [5.74, 6) is -0.257. The van der Waals surface area contributed by atoms with E-state index in [-0.39, 0.29) is 35.8 Å². The van der Waals surface area contributed by atoms with Gasteiger partial charge in [-0.3, -0.25) is 4.79 Å². The van der Waals surface area contributed by atoms with Gasteiger partial charge in [-0.25, -0.2) is 18.7 Å². The Morgan fingerprint density at radius 1 is 1.19 bits per heavy atom. The van der Waals surface area contributed by atoms with E-state index in [1.807, 2.05) is 11.8 Å². The number of fused-ring (bicyclic) bond motifs is 1. The Kier molecular flexibility index (Phi) is 9.12. The number of esters is 2. The molecule has 0 radical (unpaired) electrons. The number of ether oxygens (including phenoxy) is 3. The Balaban J connectivity index is 1.87. The third-order valence-corrected chi connectivity index (χ3v) is 6.30. The summed E-state index contributed by atoms with van der Waals surface area (Å²) in [5.41, 5.74) is 0.562. The number of carbonyl (C=O) groups is 2. The molecule has 0 amide bonds. The highest BCUT2D eigenvalue weighted by atomic mass is 79.9. The highest BCUT2D eigenvalue weighted by Gasteiger charge is 2.25. The van der Waals surface area contributed by atoms with E-state index in [0.29, 0.717) is 29.3 Å². The first kappa shape index (κ1) is 28.4. The van der Waals surface area contributed by atoms with Crippen molar-refractivity contribution in [1.82, 2.24) is 14.6 Å². The van der Waals surface area contributed by atoms with E-state index >= 15 is 0 Å². The SMILES string of the molecule is CCOC(=O)c1cnn2ccc(N(CC)Cc3c(O[C@@H](C)COC(=O)C(C)(C)C)ccc(F)c3Br)nc12. The van der Waals surface area contributed by atoms with Gasteiger partial charge in [0.1, 0.15) is 35.7 Å². The molecule has 200 valence electrons. The molecule has 0 aliphatic carbocycles. The number of hydrogen-bond donors (Lipinski definition) is 0. The van der Waals surface area contributed by atoms with Crippen molar-refractivity contribution in [3.63, 3.8) is 0 Å². The molecule has 0 unspecified atom stereocenters. The Morgan fingerprint density at radius 2 is 1.92 bits per heavy atom. The van der Waals surface area contributed by atoms with E-state index in [4.69, 9.17) is 14.2 Å². The molecule has 9 nitrogen and oxygen atoms in total. The van der Waals surface area contributed by atoms with E-state index in [9.17, 15) is 14.0 Å². The predicted molar refractivity (Wildman–Crippen MR) is 140 cm³/mol. The van der Waals surface area contributed by atoms with Gasteiger partial charge in [0.15, 0.2) is 5.65 Å². The number of anilines is 1. The van der Waals surface area contributed by atoms with Crippen LogP contribution in [0.1, 0.15) is 57.5 Å². The summed E-state index contributed by atoms with van der Waals surface area (Å²) < 4.78 is 32.9. The van der Waals surface area contributed by atoms with E-state index in [1.165, 1.54) is 16.8 Å². The van der Waals surface area contributed by atoms with Crippen LogP contribution in [0.25, 0.3) is 5.65 Å². The second kappa shape index (κ2) is 11.9. The molecule has 0 saturated carbocycles. The molecule has 1 aromatic carbocycles. The molecule has 0 saturated heterocycles. The first-order valence-electron chi connectivity index (χ1n) is 12.0. The highest BCUT2D eigenvalue weighted by Crippen LogP contribution is 2.33. The van der Waals surface area contributed by atoms with Crippen LogP contribution >= 0.6 is 15.9 Å². The van der Waals surface area contributed by atoms with Gasteiger partial charge in [0.2, 0.25) is 0 Å². The molecule has 0 aliphatic rings. The lowest BCUT2D eigenvalue weighted by molar-refractivity contribution is -0.155. The first-order valence-corrected chi connectivity index (χ1v) is 12.8. The topological polar surface area (TPSA) is 95.3 Å². The number of benzene rings is 1. The Labute approximate surface area is 224 Å². The third kappa shape index (κ3) is 6.76. The standard InChI is InChI=1S/C26H32BrFN4O5/c1-7-31(21-11-12-32-23(30-21)17(13-29-32)24(33)35-8-2)14-18-20(10-9-19(28)22(18)27)37-16(3)15-36-25(34)26(4,5)6/h9-13,16H,7-8,14-15H2,1-6H3/t16-/m0/s1. The number of halogens is 2. The molecule has 2 heterocycles. The molecule has 37 heavy (non-hydrogen) atoms. The lowest BCUT2D eigenvalue weighted by Crippen LogP contribution is -2.29. The summed E-state index contributed by atoms with van der Waals surface area (Å²) in [6, 6.07) is 4.63. The summed E-state index contributed by atoms with van der Waals surface area (Å²) in [5, 5.41) is 4.17. The maximum absolute atomic E-state index is 14.6. The van der Waals surface area contributed by atoms with Crippen LogP contribution in [0, 0.1) is 11.2 Å². The predicted octanol–water partition coefficient (Wildman–Crippen LogP) is 5.19. The molecular weight excluding hydrogens is 547 g/mol. The number of rotatable bonds is 10. The fourth-order valence-electron chi connectivity index (χ4n) is 3.43. The zero-order valence-corrected chi connectivity index (χ0v) is 23.5. The zero-order valence-electron chi connectivity index (χ0n) is 21.9. The van der Waals surface area contributed by atoms with E-state index in [0.717, 1.165) is 0 Å². The van der Waals surface area contributed by atoms with Crippen LogP contribution < -0.4 is 9.64 Å². The molecule has 1 atom stereocenters. The molecule has 0 N–H and O–H groups in total. The number of nitrogens with zero attached hydrogens (tertiary/aromatic N) is 4. The number of aromatic nitrogens is 3. The molecule has 3 aromatic rings. The van der Waals surface area contributed by atoms with Crippen molar-refractivity contribution in [1.29, 1.82) is 0 Å². The Bertz CT molecular complexity index is 1270. The van der Waals surface area contributed by atoms with Crippen LogP contribution in [0.3, 0.4) is 0 Å². The van der Waals surface area contributed by atoms with Crippen LogP contribution in [-0.2, 0) is 20.8 Å². The van der Waals surface area contributed by atoms with Crippen LogP contribution in [-0.4, -0.2) is 52.4 Å². The smallest absolute Gasteiger partial charge is 0.343 e. The van der Waals surface area contributed by atoms with Gasteiger partial charge >= 0.3 is 11.9 Å². The summed E-state index contributed by atoms with van der Waals surface area (Å²) in [6.07, 6.45) is 2.65. The minimum atomic E-state index is -0.623. The van der Waals surface area contributed by atoms with Crippen LogP contribution in [0.15, 0.2) is 35.1 Å². The van der Waals surface area contributed by atoms with Crippen LogP contribution in [0.2, 0.25) is 0 Å². The maximum Gasteiger partial charge on any atom is 0.343 e. The molecule has 0 aliphatic heterocycles. The monoisotopic (exact) mass is 578 g/mol. The summed E-state index contributed by atoms with van der Waals surface area (Å²) in [6.45, 7) is 11.9. The molecular formula is C26H32BrFN4O5. The second-order valence-corrected chi connectivity index (χ2v) is 10.3. The van der Waals surface area contributed by atoms with Gasteiger partial charge in [0.05, 0.1) is 22.7 Å². The fraction of sp³-hybridized carbons (Fsp3) is 0.462. The largest absolute Gasteiger partial charge is 0.487 e. The summed E-state index contributed by atoms with van der Waals surface area (Å²) >= 11 is 3.36. The van der Waals surface area contributed by atoms with Gasteiger partial charge in [-0.1, -0.05) is 0 Å². The van der Waals surface area contributed by atoms with Crippen molar-refractivity contribution in [2.45, 2.75) is 54.2 Å². The number of hydrogen-bond acceptors (Lipinski definition) is 8. The van der Waals surface area contributed by atoms with Crippen LogP contribution in [0.5, 0.6) is 5.75 Å². The highest BCUT2D eigenvalue weighted by molar-refractivity contribution is 9.10. The van der Waals surface area contributed by atoms with Gasteiger partial charge in [-0.2, -0.15) is 5.10 Å². The normalized spacial score (nSPS) is 12.3. The fourth-order valence-corrected chi connectivity index (χ4v) is 3.88. The molecule has 0 bridgehead atoms. The van der Waals surface area contributed by atoms with E-state index < -0.39 is 23.3 Å². The van der Waals surface area contributed by atoms with Gasteiger partial charge in [0.25, 0.3) is 0 Å². The van der Waals surface area contributed by atoms with Crippen molar-refractivity contribution >= 4 is 39.3 Å². The van der Waals surface area contributed by atoms with Gasteiger partial charge in [-0.05, 0) is 75.7 Å². The summed E-state index contributed by atoms with van der Waals surface area (Å²) in [7, 11) is 0. The quantitative estimate of drug-likeness (QED) is 0.303. The van der Waals surface area contributed by atoms with Crippen molar-refractivity contribution in [3.05, 3.63) is 52.0 Å². The first-order chi connectivity index (χ1) is 17.5. The third-order valence-electron chi connectivity index (χ3n) is 5.45. The van der Waals surface area contributed by atoms with Crippen molar-refractivity contribution in [2.75, 3.05) is 24.7 Å². The van der Waals surface area contributed by atoms with Crippen molar-refractivity contribution < 1.29 is 28.2 Å². The van der Waals surface area contributed by atoms with Gasteiger partial charge < -0.3 is 19.1 Å².